The molecule has 0 heterocycles. The molecule has 0 heteroatoms. The lowest BCUT2D eigenvalue weighted by Crippen LogP contribution is -2.36. The van der Waals surface area contributed by atoms with Crippen LogP contribution in [0.25, 0.3) is 0 Å². The van der Waals surface area contributed by atoms with Crippen LogP contribution in [0.4, 0.5) is 0 Å². The highest BCUT2D eigenvalue weighted by atomic mass is 14.4. The van der Waals surface area contributed by atoms with E-state index < -0.39 is 0 Å². The minimum absolute atomic E-state index is 0.272. The van der Waals surface area contributed by atoms with Crippen molar-refractivity contribution in [1.29, 1.82) is 0 Å². The van der Waals surface area contributed by atoms with Crippen molar-refractivity contribution in [2.75, 3.05) is 0 Å². The number of benzene rings is 1. The summed E-state index contributed by atoms with van der Waals surface area (Å²) in [5.74, 6) is 0. The Kier molecular flexibility index (Phi) is 10.9. The van der Waals surface area contributed by atoms with Gasteiger partial charge in [-0.15, -0.1) is 0 Å². The van der Waals surface area contributed by atoms with Crippen LogP contribution in [0.2, 0.25) is 0 Å². The molecule has 0 N–H and O–H groups in total. The standard InChI is InChI=1S/C14H22.C3H8.C2H6/c1-6-14(5,13(2,3)4)12-10-8-7-9-11-12;1-3-2;1-2/h7-11H,6H2,1-5H3;3H2,1-2H3;1-2H3. The van der Waals surface area contributed by atoms with Gasteiger partial charge in [-0.1, -0.05) is 99.1 Å². The van der Waals surface area contributed by atoms with Crippen LogP contribution < -0.4 is 0 Å². The first-order valence-corrected chi connectivity index (χ1v) is 7.89. The highest BCUT2D eigenvalue weighted by Crippen LogP contribution is 2.43. The second-order valence-corrected chi connectivity index (χ2v) is 6.01. The van der Waals surface area contributed by atoms with Gasteiger partial charge in [-0.3, -0.25) is 0 Å². The van der Waals surface area contributed by atoms with Crippen molar-refractivity contribution >= 4 is 0 Å². The summed E-state index contributed by atoms with van der Waals surface area (Å²) in [5.41, 5.74) is 2.03. The van der Waals surface area contributed by atoms with Gasteiger partial charge in [0.15, 0.2) is 0 Å². The fourth-order valence-corrected chi connectivity index (χ4v) is 1.97. The minimum atomic E-state index is 0.272. The summed E-state index contributed by atoms with van der Waals surface area (Å²) in [6.07, 6.45) is 2.43. The van der Waals surface area contributed by atoms with E-state index in [2.05, 4.69) is 78.8 Å². The molecule has 0 fully saturated rings. The van der Waals surface area contributed by atoms with Crippen LogP contribution in [-0.2, 0) is 5.41 Å². The van der Waals surface area contributed by atoms with Crippen LogP contribution in [0, 0.1) is 5.41 Å². The molecule has 112 valence electrons. The van der Waals surface area contributed by atoms with E-state index in [0.717, 1.165) is 0 Å². The fraction of sp³-hybridized carbons (Fsp3) is 0.684. The van der Waals surface area contributed by atoms with E-state index in [1.54, 1.807) is 0 Å². The predicted octanol–water partition coefficient (Wildman–Crippen LogP) is 6.84. The molecule has 0 saturated carbocycles. The van der Waals surface area contributed by atoms with Gasteiger partial charge in [-0.2, -0.15) is 0 Å². The van der Waals surface area contributed by atoms with Crippen molar-refractivity contribution < 1.29 is 0 Å². The summed E-state index contributed by atoms with van der Waals surface area (Å²) in [4.78, 5) is 0. The van der Waals surface area contributed by atoms with Crippen molar-refractivity contribution in [1.82, 2.24) is 0 Å². The third-order valence-electron chi connectivity index (χ3n) is 3.77. The molecule has 1 aromatic rings. The molecule has 1 atom stereocenters. The van der Waals surface area contributed by atoms with Crippen molar-refractivity contribution in [2.45, 2.75) is 80.6 Å². The maximum absolute atomic E-state index is 2.36. The fourth-order valence-electron chi connectivity index (χ4n) is 1.97. The number of hydrogen-bond acceptors (Lipinski definition) is 0. The number of hydrogen-bond donors (Lipinski definition) is 0. The molecular formula is C19H36. The summed E-state index contributed by atoms with van der Waals surface area (Å²) in [6.45, 7) is 19.9. The molecule has 1 unspecified atom stereocenters. The van der Waals surface area contributed by atoms with E-state index in [1.807, 2.05) is 13.8 Å². The third-order valence-corrected chi connectivity index (χ3v) is 3.77. The largest absolute Gasteiger partial charge is 0.0683 e. The lowest BCUT2D eigenvalue weighted by Gasteiger charge is -2.42. The van der Waals surface area contributed by atoms with Crippen LogP contribution in [0.5, 0.6) is 0 Å². The lowest BCUT2D eigenvalue weighted by atomic mass is 9.62. The summed E-state index contributed by atoms with van der Waals surface area (Å²) in [7, 11) is 0. The van der Waals surface area contributed by atoms with Crippen molar-refractivity contribution in [3.8, 4) is 0 Å². The zero-order valence-corrected chi connectivity index (χ0v) is 14.8. The highest BCUT2D eigenvalue weighted by molar-refractivity contribution is 5.26. The zero-order valence-electron chi connectivity index (χ0n) is 14.8. The monoisotopic (exact) mass is 264 g/mol. The molecule has 0 aromatic heterocycles. The first kappa shape index (κ1) is 20.5. The van der Waals surface area contributed by atoms with Gasteiger partial charge in [0.25, 0.3) is 0 Å². The number of rotatable bonds is 2. The van der Waals surface area contributed by atoms with E-state index in [9.17, 15) is 0 Å². The van der Waals surface area contributed by atoms with Gasteiger partial charge in [0.1, 0.15) is 0 Å². The topological polar surface area (TPSA) is 0 Å². The summed E-state index contributed by atoms with van der Waals surface area (Å²) < 4.78 is 0. The second-order valence-electron chi connectivity index (χ2n) is 6.01. The Hall–Kier alpha value is -0.780. The molecule has 0 amide bonds. The van der Waals surface area contributed by atoms with E-state index in [1.165, 1.54) is 18.4 Å². The lowest BCUT2D eigenvalue weighted by molar-refractivity contribution is 0.196. The maximum Gasteiger partial charge on any atom is -0.00294 e. The molecule has 0 aliphatic heterocycles. The Balaban J connectivity index is 0. The molecule has 1 rings (SSSR count). The summed E-state index contributed by atoms with van der Waals surface area (Å²) in [5, 5.41) is 0. The van der Waals surface area contributed by atoms with Crippen LogP contribution in [0.15, 0.2) is 30.3 Å². The van der Waals surface area contributed by atoms with Crippen molar-refractivity contribution in [3.05, 3.63) is 35.9 Å². The Morgan fingerprint density at radius 1 is 0.789 bits per heavy atom. The average Bonchev–Trinajstić information content (AvgIpc) is 2.40. The molecule has 0 aliphatic carbocycles. The molecule has 19 heavy (non-hydrogen) atoms. The summed E-state index contributed by atoms with van der Waals surface area (Å²) in [6, 6.07) is 10.8. The van der Waals surface area contributed by atoms with E-state index in [0.29, 0.717) is 5.41 Å². The SMILES string of the molecule is CC.CCC.CCC(C)(c1ccccc1)C(C)(C)C. The van der Waals surface area contributed by atoms with E-state index in [4.69, 9.17) is 0 Å². The Morgan fingerprint density at radius 2 is 1.16 bits per heavy atom. The maximum atomic E-state index is 2.36. The normalized spacial score (nSPS) is 13.3. The van der Waals surface area contributed by atoms with Crippen LogP contribution in [0.1, 0.15) is 80.7 Å². The second kappa shape index (κ2) is 10.1. The van der Waals surface area contributed by atoms with Gasteiger partial charge in [0.05, 0.1) is 0 Å². The van der Waals surface area contributed by atoms with Gasteiger partial charge in [-0.05, 0) is 22.8 Å². The first-order chi connectivity index (χ1) is 8.83. The molecule has 0 bridgehead atoms. The van der Waals surface area contributed by atoms with Crippen molar-refractivity contribution in [2.24, 2.45) is 5.41 Å². The Labute approximate surface area is 122 Å². The molecular weight excluding hydrogens is 228 g/mol. The van der Waals surface area contributed by atoms with E-state index >= 15 is 0 Å². The zero-order chi connectivity index (χ0) is 15.5. The predicted molar refractivity (Wildman–Crippen MR) is 90.9 cm³/mol. The molecule has 0 aliphatic rings. The highest BCUT2D eigenvalue weighted by Gasteiger charge is 2.36. The average molecular weight is 264 g/mol. The molecule has 1 aromatic carbocycles. The van der Waals surface area contributed by atoms with Gasteiger partial charge < -0.3 is 0 Å². The van der Waals surface area contributed by atoms with Gasteiger partial charge in [0, 0.05) is 0 Å². The van der Waals surface area contributed by atoms with Gasteiger partial charge in [-0.25, -0.2) is 0 Å². The van der Waals surface area contributed by atoms with Crippen LogP contribution in [0.3, 0.4) is 0 Å². The Morgan fingerprint density at radius 3 is 1.42 bits per heavy atom. The van der Waals surface area contributed by atoms with Crippen LogP contribution >= 0.6 is 0 Å². The summed E-state index contributed by atoms with van der Waals surface area (Å²) >= 11 is 0. The van der Waals surface area contributed by atoms with Crippen LogP contribution in [-0.4, -0.2) is 0 Å². The third kappa shape index (κ3) is 6.27. The smallest absolute Gasteiger partial charge is 0.00294 e. The van der Waals surface area contributed by atoms with Gasteiger partial charge in [0.2, 0.25) is 0 Å². The molecule has 0 radical (unpaired) electrons. The van der Waals surface area contributed by atoms with Crippen molar-refractivity contribution in [3.63, 3.8) is 0 Å². The molecule has 0 saturated heterocycles. The quantitative estimate of drug-likeness (QED) is 0.548. The van der Waals surface area contributed by atoms with E-state index in [-0.39, 0.29) is 5.41 Å². The Bertz CT molecular complexity index is 292. The molecule has 0 spiro atoms. The minimum Gasteiger partial charge on any atom is -0.0683 e. The molecule has 0 nitrogen and oxygen atoms in total. The first-order valence-electron chi connectivity index (χ1n) is 7.89. The van der Waals surface area contributed by atoms with Gasteiger partial charge >= 0.3 is 0 Å².